The highest BCUT2D eigenvalue weighted by molar-refractivity contribution is 9.10. The van der Waals surface area contributed by atoms with E-state index < -0.39 is 0 Å². The first-order valence-electron chi connectivity index (χ1n) is 6.38. The summed E-state index contributed by atoms with van der Waals surface area (Å²) in [5.74, 6) is 0.367. The normalized spacial score (nSPS) is 12.0. The number of carbonyl (C=O) groups is 1. The third kappa shape index (κ3) is 4.16. The van der Waals surface area contributed by atoms with Crippen LogP contribution in [0.4, 0.5) is 0 Å². The smallest absolute Gasteiger partial charge is 0.293 e. The molecule has 0 atom stereocenters. The third-order valence-corrected chi connectivity index (χ3v) is 3.18. The molecule has 1 amide bonds. The van der Waals surface area contributed by atoms with E-state index in [-0.39, 0.29) is 5.91 Å². The molecule has 2 rings (SSSR count). The molecule has 7 heteroatoms. The van der Waals surface area contributed by atoms with Crippen LogP contribution in [0.3, 0.4) is 0 Å². The van der Waals surface area contributed by atoms with Crippen LogP contribution in [0, 0.1) is 0 Å². The lowest BCUT2D eigenvalue weighted by Gasteiger charge is -1.96. The zero-order chi connectivity index (χ0) is 15.2. The zero-order valence-electron chi connectivity index (χ0n) is 11.7. The second-order valence-corrected chi connectivity index (χ2v) is 5.14. The first kappa shape index (κ1) is 15.2. The molecule has 0 radical (unpaired) electrons. The van der Waals surface area contributed by atoms with E-state index in [1.165, 1.54) is 0 Å². The summed E-state index contributed by atoms with van der Waals surface area (Å²) >= 11 is 3.30. The van der Waals surface area contributed by atoms with Gasteiger partial charge in [0.1, 0.15) is 5.76 Å². The summed E-state index contributed by atoms with van der Waals surface area (Å²) in [6, 6.07) is 3.64. The van der Waals surface area contributed by atoms with Gasteiger partial charge in [-0.1, -0.05) is 0 Å². The molecule has 2 aromatic rings. The van der Waals surface area contributed by atoms with E-state index in [1.54, 1.807) is 29.4 Å². The van der Waals surface area contributed by atoms with Gasteiger partial charge in [0, 0.05) is 12.7 Å². The zero-order valence-corrected chi connectivity index (χ0v) is 13.3. The SMILES string of the molecule is CCn1cc(Br)c(C(=O)NN=CC(C)=Cc2ccco2)n1. The number of furan rings is 1. The van der Waals surface area contributed by atoms with Crippen LogP contribution >= 0.6 is 15.9 Å². The molecule has 0 unspecified atom stereocenters. The molecule has 0 fully saturated rings. The standard InChI is InChI=1S/C14H15BrN4O2/c1-3-19-9-12(15)13(18-19)14(20)17-16-8-10(2)7-11-5-4-6-21-11/h4-9H,3H2,1-2H3,(H,17,20). The van der Waals surface area contributed by atoms with E-state index in [0.717, 1.165) is 11.3 Å². The fourth-order valence-corrected chi connectivity index (χ4v) is 2.09. The molecule has 0 aliphatic carbocycles. The molecule has 0 aromatic carbocycles. The Bertz CT molecular complexity index is 671. The average Bonchev–Trinajstić information content (AvgIpc) is 3.07. The fourth-order valence-electron chi connectivity index (χ4n) is 1.59. The number of nitrogens with one attached hydrogen (secondary N) is 1. The molecule has 0 saturated heterocycles. The second kappa shape index (κ2) is 7.03. The number of amides is 1. The maximum atomic E-state index is 11.9. The monoisotopic (exact) mass is 350 g/mol. The maximum absolute atomic E-state index is 11.9. The van der Waals surface area contributed by atoms with Gasteiger partial charge in [0.05, 0.1) is 17.0 Å². The summed E-state index contributed by atoms with van der Waals surface area (Å²) < 4.78 is 7.50. The lowest BCUT2D eigenvalue weighted by Crippen LogP contribution is -2.19. The van der Waals surface area contributed by atoms with Gasteiger partial charge in [-0.15, -0.1) is 0 Å². The third-order valence-electron chi connectivity index (χ3n) is 2.60. The summed E-state index contributed by atoms with van der Waals surface area (Å²) in [4.78, 5) is 11.9. The van der Waals surface area contributed by atoms with E-state index in [4.69, 9.17) is 4.42 Å². The molecule has 2 heterocycles. The maximum Gasteiger partial charge on any atom is 0.293 e. The topological polar surface area (TPSA) is 72.4 Å². The number of halogens is 1. The Balaban J connectivity index is 1.97. The van der Waals surface area contributed by atoms with Crippen LogP contribution in [-0.2, 0) is 6.54 Å². The molecular formula is C14H15BrN4O2. The molecule has 0 aliphatic rings. The number of hydrogen-bond donors (Lipinski definition) is 1. The van der Waals surface area contributed by atoms with E-state index in [0.29, 0.717) is 16.7 Å². The number of carbonyl (C=O) groups excluding carboxylic acids is 1. The van der Waals surface area contributed by atoms with Crippen molar-refractivity contribution in [2.75, 3.05) is 0 Å². The van der Waals surface area contributed by atoms with Crippen molar-refractivity contribution in [3.8, 4) is 0 Å². The van der Waals surface area contributed by atoms with Crippen molar-refractivity contribution in [3.05, 3.63) is 46.1 Å². The van der Waals surface area contributed by atoms with Crippen molar-refractivity contribution >= 4 is 34.1 Å². The Morgan fingerprint density at radius 1 is 1.62 bits per heavy atom. The van der Waals surface area contributed by atoms with Gasteiger partial charge in [-0.25, -0.2) is 5.43 Å². The molecule has 6 nitrogen and oxygen atoms in total. The van der Waals surface area contributed by atoms with Gasteiger partial charge in [-0.2, -0.15) is 10.2 Å². The number of hydrazone groups is 1. The van der Waals surface area contributed by atoms with Gasteiger partial charge in [-0.3, -0.25) is 9.48 Å². The van der Waals surface area contributed by atoms with E-state index in [2.05, 4.69) is 31.6 Å². The van der Waals surface area contributed by atoms with E-state index in [1.807, 2.05) is 26.0 Å². The summed E-state index contributed by atoms with van der Waals surface area (Å²) in [6.45, 7) is 4.50. The molecule has 0 aliphatic heterocycles. The minimum absolute atomic E-state index is 0.307. The molecule has 0 spiro atoms. The Morgan fingerprint density at radius 3 is 3.05 bits per heavy atom. The number of aryl methyl sites for hydroxylation is 1. The molecule has 21 heavy (non-hydrogen) atoms. The first-order chi connectivity index (χ1) is 10.1. The van der Waals surface area contributed by atoms with Gasteiger partial charge in [0.15, 0.2) is 5.69 Å². The lowest BCUT2D eigenvalue weighted by atomic mass is 10.3. The van der Waals surface area contributed by atoms with Gasteiger partial charge >= 0.3 is 0 Å². The van der Waals surface area contributed by atoms with Crippen LogP contribution in [0.25, 0.3) is 6.08 Å². The molecule has 110 valence electrons. The van der Waals surface area contributed by atoms with Crippen LogP contribution in [0.5, 0.6) is 0 Å². The highest BCUT2D eigenvalue weighted by Gasteiger charge is 2.13. The van der Waals surface area contributed by atoms with Gasteiger partial charge in [0.25, 0.3) is 5.91 Å². The summed E-state index contributed by atoms with van der Waals surface area (Å²) in [7, 11) is 0. The van der Waals surface area contributed by atoms with Crippen molar-refractivity contribution in [1.82, 2.24) is 15.2 Å². The van der Waals surface area contributed by atoms with Crippen LogP contribution in [0.15, 0.2) is 44.2 Å². The number of hydrogen-bond acceptors (Lipinski definition) is 4. The van der Waals surface area contributed by atoms with Crippen LogP contribution in [-0.4, -0.2) is 21.9 Å². The second-order valence-electron chi connectivity index (χ2n) is 4.28. The first-order valence-corrected chi connectivity index (χ1v) is 7.17. The largest absolute Gasteiger partial charge is 0.465 e. The molecule has 2 aromatic heterocycles. The predicted molar refractivity (Wildman–Crippen MR) is 83.9 cm³/mol. The minimum Gasteiger partial charge on any atom is -0.465 e. The highest BCUT2D eigenvalue weighted by Crippen LogP contribution is 2.14. The Hall–Kier alpha value is -2.15. The fraction of sp³-hybridized carbons (Fsp3) is 0.214. The van der Waals surface area contributed by atoms with Crippen molar-refractivity contribution in [3.63, 3.8) is 0 Å². The Kier molecular flexibility index (Phi) is 5.10. The Labute approximate surface area is 130 Å². The van der Waals surface area contributed by atoms with Gasteiger partial charge in [-0.05, 0) is 53.6 Å². The van der Waals surface area contributed by atoms with Crippen LogP contribution in [0.1, 0.15) is 30.1 Å². The quantitative estimate of drug-likeness (QED) is 0.665. The van der Waals surface area contributed by atoms with E-state index in [9.17, 15) is 4.79 Å². The summed E-state index contributed by atoms with van der Waals surface area (Å²) in [5.41, 5.74) is 3.60. The van der Waals surface area contributed by atoms with Crippen LogP contribution < -0.4 is 5.43 Å². The lowest BCUT2D eigenvalue weighted by molar-refractivity contribution is 0.0948. The predicted octanol–water partition coefficient (Wildman–Crippen LogP) is 3.08. The number of allylic oxidation sites excluding steroid dienone is 1. The molecular weight excluding hydrogens is 336 g/mol. The van der Waals surface area contributed by atoms with Crippen molar-refractivity contribution in [2.45, 2.75) is 20.4 Å². The number of rotatable bonds is 5. The Morgan fingerprint density at radius 2 is 2.43 bits per heavy atom. The summed E-state index contributed by atoms with van der Waals surface area (Å²) in [5, 5.41) is 8.04. The van der Waals surface area contributed by atoms with Crippen molar-refractivity contribution in [1.29, 1.82) is 0 Å². The van der Waals surface area contributed by atoms with Crippen LogP contribution in [0.2, 0.25) is 0 Å². The van der Waals surface area contributed by atoms with Gasteiger partial charge in [0.2, 0.25) is 0 Å². The molecule has 0 bridgehead atoms. The summed E-state index contributed by atoms with van der Waals surface area (Å²) in [6.07, 6.45) is 6.71. The highest BCUT2D eigenvalue weighted by atomic mass is 79.9. The molecule has 1 N–H and O–H groups in total. The molecule has 0 saturated carbocycles. The van der Waals surface area contributed by atoms with E-state index >= 15 is 0 Å². The minimum atomic E-state index is -0.365. The average molecular weight is 351 g/mol. The van der Waals surface area contributed by atoms with Crippen molar-refractivity contribution < 1.29 is 9.21 Å². The number of aromatic nitrogens is 2. The van der Waals surface area contributed by atoms with Crippen molar-refractivity contribution in [2.24, 2.45) is 5.10 Å². The number of nitrogens with zero attached hydrogens (tertiary/aromatic N) is 3. The van der Waals surface area contributed by atoms with Gasteiger partial charge < -0.3 is 4.42 Å².